The third-order valence-electron chi connectivity index (χ3n) is 3.28. The number of aromatic nitrogens is 3. The molecule has 0 aliphatic carbocycles. The number of ether oxygens (including phenoxy) is 1. The Labute approximate surface area is 141 Å². The average molecular weight is 342 g/mol. The van der Waals surface area contributed by atoms with E-state index >= 15 is 0 Å². The minimum atomic E-state index is -0.456. The number of thiophene rings is 1. The number of para-hydroxylation sites is 1. The van der Waals surface area contributed by atoms with Crippen LogP contribution in [0.2, 0.25) is 0 Å². The standard InChI is InChI=1S/C16H14N4O3S/c1-23-16(22)13-8-7-12(24-13)15(21)17-9-14-19-18-10-20(14)11-5-3-2-4-6-11/h2-8,10H,9H2,1H3,(H,17,21). The fourth-order valence-electron chi connectivity index (χ4n) is 2.10. The van der Waals surface area contributed by atoms with E-state index in [2.05, 4.69) is 20.3 Å². The number of hydrogen-bond acceptors (Lipinski definition) is 6. The molecule has 1 amide bonds. The van der Waals surface area contributed by atoms with Crippen LogP contribution in [0.15, 0.2) is 48.8 Å². The monoisotopic (exact) mass is 342 g/mol. The zero-order valence-corrected chi connectivity index (χ0v) is 13.6. The Bertz CT molecular complexity index is 857. The minimum absolute atomic E-state index is 0.221. The Hall–Kier alpha value is -3.00. The van der Waals surface area contributed by atoms with E-state index in [9.17, 15) is 9.59 Å². The van der Waals surface area contributed by atoms with Crippen LogP contribution >= 0.6 is 11.3 Å². The van der Waals surface area contributed by atoms with Gasteiger partial charge in [0.15, 0.2) is 5.82 Å². The summed E-state index contributed by atoms with van der Waals surface area (Å²) in [7, 11) is 1.30. The molecule has 0 fully saturated rings. The van der Waals surface area contributed by atoms with Crippen LogP contribution in [0, 0.1) is 0 Å². The summed E-state index contributed by atoms with van der Waals surface area (Å²) >= 11 is 1.08. The average Bonchev–Trinajstić information content (AvgIpc) is 3.29. The van der Waals surface area contributed by atoms with Crippen LogP contribution in [-0.4, -0.2) is 33.8 Å². The number of methoxy groups -OCH3 is 1. The number of carbonyl (C=O) groups is 2. The van der Waals surface area contributed by atoms with E-state index in [1.54, 1.807) is 23.0 Å². The first-order valence-electron chi connectivity index (χ1n) is 7.09. The summed E-state index contributed by atoms with van der Waals surface area (Å²) in [5, 5.41) is 10.7. The molecule has 2 heterocycles. The van der Waals surface area contributed by atoms with Crippen LogP contribution in [0.25, 0.3) is 5.69 Å². The van der Waals surface area contributed by atoms with E-state index in [1.165, 1.54) is 7.11 Å². The molecule has 0 radical (unpaired) electrons. The van der Waals surface area contributed by atoms with Crippen LogP contribution < -0.4 is 5.32 Å². The summed E-state index contributed by atoms with van der Waals surface area (Å²) in [6.07, 6.45) is 1.59. The van der Waals surface area contributed by atoms with Crippen LogP contribution in [0.1, 0.15) is 25.2 Å². The largest absolute Gasteiger partial charge is 0.465 e. The number of nitrogens with one attached hydrogen (secondary N) is 1. The van der Waals surface area contributed by atoms with Gasteiger partial charge in [0.25, 0.3) is 5.91 Å². The van der Waals surface area contributed by atoms with Crippen LogP contribution in [-0.2, 0) is 11.3 Å². The van der Waals surface area contributed by atoms with Crippen molar-refractivity contribution in [2.45, 2.75) is 6.54 Å². The number of rotatable bonds is 5. The van der Waals surface area contributed by atoms with E-state index in [0.29, 0.717) is 15.6 Å². The molecule has 1 N–H and O–H groups in total. The first-order valence-corrected chi connectivity index (χ1v) is 7.91. The summed E-state index contributed by atoms with van der Waals surface area (Å²) < 4.78 is 6.43. The molecular formula is C16H14N4O3S. The smallest absolute Gasteiger partial charge is 0.348 e. The van der Waals surface area contributed by atoms with Crippen molar-refractivity contribution in [3.05, 3.63) is 64.4 Å². The molecule has 0 aliphatic rings. The molecule has 1 aromatic carbocycles. The van der Waals surface area contributed by atoms with Crippen LogP contribution in [0.5, 0.6) is 0 Å². The lowest BCUT2D eigenvalue weighted by Gasteiger charge is -2.07. The SMILES string of the molecule is COC(=O)c1ccc(C(=O)NCc2nncn2-c2ccccc2)s1. The molecule has 24 heavy (non-hydrogen) atoms. The molecule has 2 aromatic heterocycles. The lowest BCUT2D eigenvalue weighted by atomic mass is 10.3. The molecule has 3 aromatic rings. The van der Waals surface area contributed by atoms with Gasteiger partial charge in [-0.15, -0.1) is 21.5 Å². The van der Waals surface area contributed by atoms with Crippen molar-refractivity contribution in [3.63, 3.8) is 0 Å². The van der Waals surface area contributed by atoms with Gasteiger partial charge in [0, 0.05) is 5.69 Å². The van der Waals surface area contributed by atoms with Crippen LogP contribution in [0.3, 0.4) is 0 Å². The molecule has 0 spiro atoms. The molecule has 8 heteroatoms. The molecule has 0 saturated heterocycles. The Balaban J connectivity index is 1.68. The molecule has 0 unspecified atom stereocenters. The van der Waals surface area contributed by atoms with Gasteiger partial charge in [0.2, 0.25) is 0 Å². The molecule has 0 aliphatic heterocycles. The summed E-state index contributed by atoms with van der Waals surface area (Å²) in [4.78, 5) is 24.4. The number of carbonyl (C=O) groups excluding carboxylic acids is 2. The molecule has 7 nitrogen and oxygen atoms in total. The van der Waals surface area contributed by atoms with E-state index in [-0.39, 0.29) is 12.5 Å². The van der Waals surface area contributed by atoms with Gasteiger partial charge in [-0.3, -0.25) is 9.36 Å². The fraction of sp³-hybridized carbons (Fsp3) is 0.125. The van der Waals surface area contributed by atoms with Crippen molar-refractivity contribution in [2.24, 2.45) is 0 Å². The second-order valence-corrected chi connectivity index (χ2v) is 5.87. The van der Waals surface area contributed by atoms with E-state index in [1.807, 2.05) is 30.3 Å². The van der Waals surface area contributed by atoms with E-state index in [0.717, 1.165) is 17.0 Å². The Kier molecular flexibility index (Phi) is 4.66. The molecule has 3 rings (SSSR count). The van der Waals surface area contributed by atoms with Gasteiger partial charge in [-0.1, -0.05) is 18.2 Å². The molecular weight excluding hydrogens is 328 g/mol. The first kappa shape index (κ1) is 15.9. The topological polar surface area (TPSA) is 86.1 Å². The lowest BCUT2D eigenvalue weighted by molar-refractivity contribution is 0.0606. The van der Waals surface area contributed by atoms with Gasteiger partial charge in [-0.25, -0.2) is 4.79 Å². The molecule has 0 bridgehead atoms. The molecule has 0 saturated carbocycles. The molecule has 122 valence electrons. The summed E-state index contributed by atoms with van der Waals surface area (Å²) in [6.45, 7) is 0.221. The predicted molar refractivity (Wildman–Crippen MR) is 88.2 cm³/mol. The zero-order valence-electron chi connectivity index (χ0n) is 12.8. The van der Waals surface area contributed by atoms with Gasteiger partial charge < -0.3 is 10.1 Å². The maximum absolute atomic E-state index is 12.2. The highest BCUT2D eigenvalue weighted by Crippen LogP contribution is 2.17. The minimum Gasteiger partial charge on any atom is -0.465 e. The number of hydrogen-bond donors (Lipinski definition) is 1. The Morgan fingerprint density at radius 3 is 2.67 bits per heavy atom. The second kappa shape index (κ2) is 7.05. The van der Waals surface area contributed by atoms with Gasteiger partial charge in [0.05, 0.1) is 18.5 Å². The summed E-state index contributed by atoms with van der Waals surface area (Å²) in [5.41, 5.74) is 0.913. The molecule has 0 atom stereocenters. The van der Waals surface area contributed by atoms with Crippen LogP contribution in [0.4, 0.5) is 0 Å². The van der Waals surface area contributed by atoms with Gasteiger partial charge >= 0.3 is 5.97 Å². The lowest BCUT2D eigenvalue weighted by Crippen LogP contribution is -2.23. The number of amides is 1. The van der Waals surface area contributed by atoms with Crippen molar-refractivity contribution < 1.29 is 14.3 Å². The van der Waals surface area contributed by atoms with Crippen molar-refractivity contribution in [2.75, 3.05) is 7.11 Å². The Morgan fingerprint density at radius 2 is 1.92 bits per heavy atom. The van der Waals surface area contributed by atoms with Crippen molar-refractivity contribution in [1.29, 1.82) is 0 Å². The number of benzene rings is 1. The maximum Gasteiger partial charge on any atom is 0.348 e. The normalized spacial score (nSPS) is 10.4. The fourth-order valence-corrected chi connectivity index (χ4v) is 2.94. The third kappa shape index (κ3) is 3.33. The zero-order chi connectivity index (χ0) is 16.9. The van der Waals surface area contributed by atoms with Crippen molar-refractivity contribution >= 4 is 23.2 Å². The number of esters is 1. The maximum atomic E-state index is 12.2. The van der Waals surface area contributed by atoms with Crippen molar-refractivity contribution in [1.82, 2.24) is 20.1 Å². The highest BCUT2D eigenvalue weighted by atomic mass is 32.1. The van der Waals surface area contributed by atoms with Gasteiger partial charge in [-0.05, 0) is 24.3 Å². The summed E-state index contributed by atoms with van der Waals surface area (Å²) in [6, 6.07) is 12.8. The highest BCUT2D eigenvalue weighted by molar-refractivity contribution is 7.15. The van der Waals surface area contributed by atoms with Gasteiger partial charge in [0.1, 0.15) is 11.2 Å². The number of nitrogens with zero attached hydrogens (tertiary/aromatic N) is 3. The predicted octanol–water partition coefficient (Wildman–Crippen LogP) is 2.05. The summed E-state index contributed by atoms with van der Waals surface area (Å²) in [5.74, 6) is -0.125. The van der Waals surface area contributed by atoms with Gasteiger partial charge in [-0.2, -0.15) is 0 Å². The van der Waals surface area contributed by atoms with Crippen molar-refractivity contribution in [3.8, 4) is 5.69 Å². The van der Waals surface area contributed by atoms with E-state index < -0.39 is 5.97 Å². The second-order valence-electron chi connectivity index (χ2n) is 4.79. The van der Waals surface area contributed by atoms with E-state index in [4.69, 9.17) is 0 Å². The Morgan fingerprint density at radius 1 is 1.17 bits per heavy atom. The quantitative estimate of drug-likeness (QED) is 0.717. The first-order chi connectivity index (χ1) is 11.7. The highest BCUT2D eigenvalue weighted by Gasteiger charge is 2.15. The third-order valence-corrected chi connectivity index (χ3v) is 4.34.